The highest BCUT2D eigenvalue weighted by molar-refractivity contribution is 4.97. The molecule has 0 saturated carbocycles. The summed E-state index contributed by atoms with van der Waals surface area (Å²) in [6.45, 7) is 4.00. The van der Waals surface area contributed by atoms with Gasteiger partial charge in [-0.1, -0.05) is 13.8 Å². The summed E-state index contributed by atoms with van der Waals surface area (Å²) in [5.74, 6) is 0. The van der Waals surface area contributed by atoms with Crippen LogP contribution in [-0.2, 0) is 0 Å². The number of hydrogen-bond donors (Lipinski definition) is 0. The van der Waals surface area contributed by atoms with Crippen molar-refractivity contribution in [2.45, 2.75) is 13.8 Å². The van der Waals surface area contributed by atoms with E-state index in [9.17, 15) is 0 Å². The number of rotatable bonds is 0. The molecule has 58 valence electrons. The lowest BCUT2D eigenvalue weighted by Gasteiger charge is -2.17. The number of nitrogens with zero attached hydrogens (tertiary/aromatic N) is 2. The van der Waals surface area contributed by atoms with E-state index in [0.717, 1.165) is 0 Å². The van der Waals surface area contributed by atoms with Gasteiger partial charge < -0.3 is 9.80 Å². The van der Waals surface area contributed by atoms with Crippen LogP contribution in [-0.4, -0.2) is 23.9 Å². The molecule has 1 aliphatic rings. The molecule has 0 aromatic rings. The van der Waals surface area contributed by atoms with Gasteiger partial charge in [-0.25, -0.2) is 0 Å². The molecule has 0 unspecified atom stereocenters. The molecule has 0 atom stereocenters. The van der Waals surface area contributed by atoms with Crippen LogP contribution >= 0.6 is 0 Å². The fourth-order valence-electron chi connectivity index (χ4n) is 0.520. The molecule has 0 aliphatic carbocycles. The third-order valence-electron chi connectivity index (χ3n) is 1.07. The highest BCUT2D eigenvalue weighted by Crippen LogP contribution is 1.97. The van der Waals surface area contributed by atoms with Crippen LogP contribution in [0.3, 0.4) is 0 Å². The first-order valence-electron chi connectivity index (χ1n) is 3.59. The van der Waals surface area contributed by atoms with E-state index in [1.165, 1.54) is 0 Å². The van der Waals surface area contributed by atoms with Crippen LogP contribution in [0.25, 0.3) is 0 Å². The van der Waals surface area contributed by atoms with Gasteiger partial charge in [0.05, 0.1) is 0 Å². The van der Waals surface area contributed by atoms with Gasteiger partial charge in [0.25, 0.3) is 0 Å². The van der Waals surface area contributed by atoms with E-state index >= 15 is 0 Å². The lowest BCUT2D eigenvalue weighted by molar-refractivity contribution is 0.519. The predicted molar refractivity (Wildman–Crippen MR) is 45.2 cm³/mol. The van der Waals surface area contributed by atoms with Gasteiger partial charge >= 0.3 is 0 Å². The molecule has 10 heavy (non-hydrogen) atoms. The Morgan fingerprint density at radius 3 is 1.10 bits per heavy atom. The van der Waals surface area contributed by atoms with Crippen molar-refractivity contribution >= 4 is 0 Å². The van der Waals surface area contributed by atoms with Crippen LogP contribution in [0.1, 0.15) is 13.8 Å². The summed E-state index contributed by atoms with van der Waals surface area (Å²) in [7, 11) is 4.00. The summed E-state index contributed by atoms with van der Waals surface area (Å²) in [6.07, 6.45) is 8.00. The molecule has 0 bridgehead atoms. The van der Waals surface area contributed by atoms with Crippen LogP contribution in [0.5, 0.6) is 0 Å². The molecule has 0 spiro atoms. The average Bonchev–Trinajstić information content (AvgIpc) is 2.00. The largest absolute Gasteiger partial charge is 0.354 e. The second-order valence-corrected chi connectivity index (χ2v) is 1.93. The summed E-state index contributed by atoms with van der Waals surface area (Å²) in [5.41, 5.74) is 0. The first-order chi connectivity index (χ1) is 4.79. The van der Waals surface area contributed by atoms with Crippen molar-refractivity contribution in [3.63, 3.8) is 0 Å². The molecule has 0 saturated heterocycles. The molecule has 0 N–H and O–H groups in total. The maximum Gasteiger partial charge on any atom is 0.0194 e. The maximum atomic E-state index is 2.00. The van der Waals surface area contributed by atoms with Gasteiger partial charge in [-0.05, 0) is 0 Å². The van der Waals surface area contributed by atoms with Crippen molar-refractivity contribution < 1.29 is 0 Å². The van der Waals surface area contributed by atoms with Gasteiger partial charge in [-0.3, -0.25) is 0 Å². The van der Waals surface area contributed by atoms with Crippen molar-refractivity contribution in [3.8, 4) is 0 Å². The van der Waals surface area contributed by atoms with Crippen molar-refractivity contribution in [2.75, 3.05) is 14.1 Å². The lowest BCUT2D eigenvalue weighted by atomic mass is 10.6. The average molecular weight is 140 g/mol. The highest BCUT2D eigenvalue weighted by Gasteiger charge is 1.90. The normalized spacial score (nSPS) is 14.8. The fourth-order valence-corrected chi connectivity index (χ4v) is 0.520. The molecular formula is C8H16N2. The molecule has 1 rings (SSSR count). The smallest absolute Gasteiger partial charge is 0.0194 e. The zero-order chi connectivity index (χ0) is 7.98. The van der Waals surface area contributed by atoms with E-state index in [2.05, 4.69) is 0 Å². The minimum atomic E-state index is 2.00. The zero-order valence-electron chi connectivity index (χ0n) is 7.20. The second-order valence-electron chi connectivity index (χ2n) is 1.93. The Hall–Kier alpha value is -0.920. The van der Waals surface area contributed by atoms with E-state index in [4.69, 9.17) is 0 Å². The fraction of sp³-hybridized carbons (Fsp3) is 0.500. The molecule has 0 amide bonds. The molecule has 0 aromatic heterocycles. The molecule has 2 heteroatoms. The zero-order valence-corrected chi connectivity index (χ0v) is 7.20. The maximum absolute atomic E-state index is 2.00. The van der Waals surface area contributed by atoms with Gasteiger partial charge in [0.1, 0.15) is 0 Å². The van der Waals surface area contributed by atoms with Crippen LogP contribution in [0.4, 0.5) is 0 Å². The quantitative estimate of drug-likeness (QED) is 0.506. The lowest BCUT2D eigenvalue weighted by Crippen LogP contribution is -2.12. The molecule has 0 aromatic carbocycles. The van der Waals surface area contributed by atoms with E-state index in [0.29, 0.717) is 0 Å². The minimum absolute atomic E-state index is 2.00. The van der Waals surface area contributed by atoms with Gasteiger partial charge in [0.15, 0.2) is 0 Å². The third kappa shape index (κ3) is 3.17. The molecular weight excluding hydrogens is 124 g/mol. The van der Waals surface area contributed by atoms with Crippen molar-refractivity contribution in [2.24, 2.45) is 0 Å². The Morgan fingerprint density at radius 1 is 0.700 bits per heavy atom. The Morgan fingerprint density at radius 2 is 0.900 bits per heavy atom. The summed E-state index contributed by atoms with van der Waals surface area (Å²) in [4.78, 5) is 4.00. The van der Waals surface area contributed by atoms with Gasteiger partial charge in [-0.15, -0.1) is 0 Å². The summed E-state index contributed by atoms with van der Waals surface area (Å²) in [5, 5.41) is 0. The Kier molecular flexibility index (Phi) is 4.46. The molecule has 2 nitrogen and oxygen atoms in total. The summed E-state index contributed by atoms with van der Waals surface area (Å²) < 4.78 is 0. The first kappa shape index (κ1) is 9.08. The van der Waals surface area contributed by atoms with Crippen LogP contribution in [0.15, 0.2) is 24.8 Å². The Balaban J connectivity index is 0.000000371. The van der Waals surface area contributed by atoms with Crippen molar-refractivity contribution in [1.29, 1.82) is 0 Å². The van der Waals surface area contributed by atoms with Crippen molar-refractivity contribution in [3.05, 3.63) is 24.8 Å². The van der Waals surface area contributed by atoms with Gasteiger partial charge in [-0.2, -0.15) is 0 Å². The van der Waals surface area contributed by atoms with Gasteiger partial charge in [0.2, 0.25) is 0 Å². The molecule has 1 aliphatic heterocycles. The van der Waals surface area contributed by atoms with Crippen molar-refractivity contribution in [1.82, 2.24) is 9.80 Å². The topological polar surface area (TPSA) is 6.48 Å². The van der Waals surface area contributed by atoms with E-state index in [-0.39, 0.29) is 0 Å². The third-order valence-corrected chi connectivity index (χ3v) is 1.07. The number of hydrogen-bond acceptors (Lipinski definition) is 2. The first-order valence-corrected chi connectivity index (χ1v) is 3.59. The Bertz CT molecular complexity index is 99.2. The standard InChI is InChI=1S/C6H10N2.C2H6/c1-7-3-5-8(2)6-4-7;1-2/h3-6H,1-2H3;1-2H3. The van der Waals surface area contributed by atoms with Gasteiger partial charge in [0, 0.05) is 38.9 Å². The van der Waals surface area contributed by atoms with E-state index in [1.807, 2.05) is 62.5 Å². The molecule has 0 radical (unpaired) electrons. The van der Waals surface area contributed by atoms with Crippen LogP contribution in [0, 0.1) is 0 Å². The summed E-state index contributed by atoms with van der Waals surface area (Å²) in [6, 6.07) is 0. The predicted octanol–water partition coefficient (Wildman–Crippen LogP) is 1.83. The molecule has 0 fully saturated rings. The minimum Gasteiger partial charge on any atom is -0.354 e. The Labute approximate surface area is 63.4 Å². The monoisotopic (exact) mass is 140 g/mol. The highest BCUT2D eigenvalue weighted by atomic mass is 15.2. The van der Waals surface area contributed by atoms with E-state index < -0.39 is 0 Å². The van der Waals surface area contributed by atoms with Crippen LogP contribution in [0.2, 0.25) is 0 Å². The van der Waals surface area contributed by atoms with E-state index in [1.54, 1.807) is 0 Å². The second kappa shape index (κ2) is 4.91. The molecule has 1 heterocycles. The summed E-state index contributed by atoms with van der Waals surface area (Å²) >= 11 is 0. The SMILES string of the molecule is CC.CN1C=CN(C)C=C1. The van der Waals surface area contributed by atoms with Crippen LogP contribution < -0.4 is 0 Å².